The summed E-state index contributed by atoms with van der Waals surface area (Å²) >= 11 is 0. The zero-order chi connectivity index (χ0) is 21.8. The zero-order valence-electron chi connectivity index (χ0n) is 18.3. The first-order valence-corrected chi connectivity index (χ1v) is 11.8. The Labute approximate surface area is 202 Å². The van der Waals surface area contributed by atoms with E-state index in [1.807, 2.05) is 32.0 Å². The van der Waals surface area contributed by atoms with Crippen molar-refractivity contribution in [1.82, 2.24) is 10.6 Å². The van der Waals surface area contributed by atoms with E-state index in [1.165, 1.54) is 0 Å². The Kier molecular flexibility index (Phi) is 12.3. The van der Waals surface area contributed by atoms with Crippen molar-refractivity contribution in [2.24, 2.45) is 4.99 Å². The molecule has 7 nitrogen and oxygen atoms in total. The molecule has 0 unspecified atom stereocenters. The fourth-order valence-corrected chi connectivity index (χ4v) is 4.02. The molecule has 0 amide bonds. The fourth-order valence-electron chi connectivity index (χ4n) is 2.85. The van der Waals surface area contributed by atoms with Crippen LogP contribution in [0.4, 0.5) is 0 Å². The Morgan fingerprint density at radius 3 is 2.23 bits per heavy atom. The van der Waals surface area contributed by atoms with Crippen molar-refractivity contribution in [3.63, 3.8) is 0 Å². The van der Waals surface area contributed by atoms with E-state index in [-0.39, 0.29) is 36.3 Å². The van der Waals surface area contributed by atoms with Crippen LogP contribution in [0.3, 0.4) is 0 Å². The van der Waals surface area contributed by atoms with Gasteiger partial charge in [-0.2, -0.15) is 0 Å². The second-order valence-corrected chi connectivity index (χ2v) is 8.56. The number of nitrogens with zero attached hydrogens (tertiary/aromatic N) is 1. The Balaban J connectivity index is 0.00000480. The van der Waals surface area contributed by atoms with Crippen LogP contribution in [0, 0.1) is 0 Å². The maximum atomic E-state index is 12.3. The van der Waals surface area contributed by atoms with Crippen LogP contribution >= 0.6 is 24.0 Å². The second-order valence-electron chi connectivity index (χ2n) is 6.45. The molecule has 0 atom stereocenters. The molecular weight excluding hydrogens is 529 g/mol. The van der Waals surface area contributed by atoms with Crippen LogP contribution in [0.1, 0.15) is 19.4 Å². The summed E-state index contributed by atoms with van der Waals surface area (Å²) in [5.74, 6) is 2.04. The Morgan fingerprint density at radius 2 is 1.58 bits per heavy atom. The number of aliphatic imine (C=N–C) groups is 1. The quantitative estimate of drug-likeness (QED) is 0.249. The third kappa shape index (κ3) is 8.94. The second kappa shape index (κ2) is 14.1. The molecule has 0 heterocycles. The molecule has 2 rings (SSSR count). The first-order valence-electron chi connectivity index (χ1n) is 10.1. The average molecular weight is 561 g/mol. The highest BCUT2D eigenvalue weighted by Gasteiger charge is 2.13. The SMILES string of the molecule is CCOc1ccc(CCNC(=NC)NCCS(=O)(=O)c2ccccc2)cc1OCC.I. The van der Waals surface area contributed by atoms with E-state index in [4.69, 9.17) is 9.47 Å². The highest BCUT2D eigenvalue weighted by molar-refractivity contribution is 14.0. The van der Waals surface area contributed by atoms with Crippen LogP contribution < -0.4 is 20.1 Å². The molecule has 0 saturated heterocycles. The summed E-state index contributed by atoms with van der Waals surface area (Å²) in [5, 5.41) is 6.26. The van der Waals surface area contributed by atoms with Crippen molar-refractivity contribution in [3.8, 4) is 11.5 Å². The number of hydrogen-bond acceptors (Lipinski definition) is 5. The van der Waals surface area contributed by atoms with E-state index in [9.17, 15) is 8.42 Å². The van der Waals surface area contributed by atoms with E-state index in [2.05, 4.69) is 15.6 Å². The normalized spacial score (nSPS) is 11.4. The molecule has 0 radical (unpaired) electrons. The van der Waals surface area contributed by atoms with Crippen LogP contribution in [-0.4, -0.2) is 53.5 Å². The van der Waals surface area contributed by atoms with Crippen LogP contribution in [0.15, 0.2) is 58.4 Å². The number of sulfone groups is 1. The van der Waals surface area contributed by atoms with Gasteiger partial charge in [-0.1, -0.05) is 24.3 Å². The number of halogens is 1. The summed E-state index contributed by atoms with van der Waals surface area (Å²) in [4.78, 5) is 4.48. The van der Waals surface area contributed by atoms with Crippen molar-refractivity contribution in [3.05, 3.63) is 54.1 Å². The molecule has 0 fully saturated rings. The molecule has 31 heavy (non-hydrogen) atoms. The van der Waals surface area contributed by atoms with Gasteiger partial charge < -0.3 is 20.1 Å². The highest BCUT2D eigenvalue weighted by Crippen LogP contribution is 2.28. The topological polar surface area (TPSA) is 89.0 Å². The van der Waals surface area contributed by atoms with Gasteiger partial charge in [0, 0.05) is 20.1 Å². The van der Waals surface area contributed by atoms with E-state index < -0.39 is 9.84 Å². The van der Waals surface area contributed by atoms with Crippen molar-refractivity contribution in [1.29, 1.82) is 0 Å². The Hall–Kier alpha value is -2.01. The predicted octanol–water partition coefficient (Wildman–Crippen LogP) is 3.28. The van der Waals surface area contributed by atoms with Crippen LogP contribution in [0.25, 0.3) is 0 Å². The maximum Gasteiger partial charge on any atom is 0.191 e. The van der Waals surface area contributed by atoms with Gasteiger partial charge in [-0.3, -0.25) is 4.99 Å². The van der Waals surface area contributed by atoms with Crippen molar-refractivity contribution < 1.29 is 17.9 Å². The summed E-state index contributed by atoms with van der Waals surface area (Å²) in [7, 11) is -1.66. The lowest BCUT2D eigenvalue weighted by molar-refractivity contribution is 0.287. The van der Waals surface area contributed by atoms with Crippen molar-refractivity contribution >= 4 is 39.8 Å². The molecule has 0 aliphatic rings. The molecule has 0 spiro atoms. The molecule has 2 aromatic rings. The van der Waals surface area contributed by atoms with Gasteiger partial charge in [0.2, 0.25) is 0 Å². The largest absolute Gasteiger partial charge is 0.490 e. The van der Waals surface area contributed by atoms with Gasteiger partial charge in [-0.05, 0) is 50.1 Å². The molecule has 0 aliphatic heterocycles. The number of hydrogen-bond donors (Lipinski definition) is 2. The third-order valence-corrected chi connectivity index (χ3v) is 6.04. The zero-order valence-corrected chi connectivity index (χ0v) is 21.4. The maximum absolute atomic E-state index is 12.3. The van der Waals surface area contributed by atoms with Crippen molar-refractivity contribution in [2.75, 3.05) is 39.1 Å². The van der Waals surface area contributed by atoms with Gasteiger partial charge in [-0.15, -0.1) is 24.0 Å². The molecule has 2 aromatic carbocycles. The molecule has 0 aliphatic carbocycles. The lowest BCUT2D eigenvalue weighted by Gasteiger charge is -2.14. The number of benzene rings is 2. The summed E-state index contributed by atoms with van der Waals surface area (Å²) < 4.78 is 35.9. The van der Waals surface area contributed by atoms with Gasteiger partial charge >= 0.3 is 0 Å². The lowest BCUT2D eigenvalue weighted by atomic mass is 10.1. The van der Waals surface area contributed by atoms with Gasteiger partial charge in [0.25, 0.3) is 0 Å². The fraction of sp³-hybridized carbons (Fsp3) is 0.409. The number of guanidine groups is 1. The summed E-state index contributed by atoms with van der Waals surface area (Å²) in [5.41, 5.74) is 1.11. The van der Waals surface area contributed by atoms with Crippen LogP contribution in [0.5, 0.6) is 11.5 Å². The van der Waals surface area contributed by atoms with Crippen LogP contribution in [0.2, 0.25) is 0 Å². The summed E-state index contributed by atoms with van der Waals surface area (Å²) in [6.07, 6.45) is 0.759. The molecular formula is C22H32IN3O4S. The Bertz CT molecular complexity index is 922. The average Bonchev–Trinajstić information content (AvgIpc) is 2.75. The highest BCUT2D eigenvalue weighted by atomic mass is 127. The third-order valence-electron chi connectivity index (χ3n) is 4.30. The minimum atomic E-state index is -3.32. The smallest absolute Gasteiger partial charge is 0.191 e. The van der Waals surface area contributed by atoms with Crippen LogP contribution in [-0.2, 0) is 16.3 Å². The molecule has 0 saturated carbocycles. The van der Waals surface area contributed by atoms with E-state index in [1.54, 1.807) is 37.4 Å². The Morgan fingerprint density at radius 1 is 0.935 bits per heavy atom. The monoisotopic (exact) mass is 561 g/mol. The minimum Gasteiger partial charge on any atom is -0.490 e. The summed E-state index contributed by atoms with van der Waals surface area (Å²) in [6.45, 7) is 5.96. The number of rotatable bonds is 11. The summed E-state index contributed by atoms with van der Waals surface area (Å²) in [6, 6.07) is 14.4. The van der Waals surface area contributed by atoms with E-state index in [0.29, 0.717) is 30.6 Å². The molecule has 9 heteroatoms. The molecule has 0 aromatic heterocycles. The number of ether oxygens (including phenoxy) is 2. The van der Waals surface area contributed by atoms with Gasteiger partial charge in [0.15, 0.2) is 27.3 Å². The van der Waals surface area contributed by atoms with Gasteiger partial charge in [-0.25, -0.2) is 8.42 Å². The van der Waals surface area contributed by atoms with E-state index in [0.717, 1.165) is 23.5 Å². The lowest BCUT2D eigenvalue weighted by Crippen LogP contribution is -2.40. The van der Waals surface area contributed by atoms with Gasteiger partial charge in [0.1, 0.15) is 0 Å². The first kappa shape index (κ1) is 27.0. The predicted molar refractivity (Wildman–Crippen MR) is 136 cm³/mol. The van der Waals surface area contributed by atoms with E-state index >= 15 is 0 Å². The van der Waals surface area contributed by atoms with Gasteiger partial charge in [0.05, 0.1) is 23.9 Å². The number of nitrogens with one attached hydrogen (secondary N) is 2. The van der Waals surface area contributed by atoms with Crippen molar-refractivity contribution in [2.45, 2.75) is 25.2 Å². The molecule has 0 bridgehead atoms. The molecule has 2 N–H and O–H groups in total. The first-order chi connectivity index (χ1) is 14.5. The minimum absolute atomic E-state index is 0. The standard InChI is InChI=1S/C22H31N3O4S.HI/c1-4-28-20-12-11-18(17-21(20)29-5-2)13-14-24-22(23-3)25-15-16-30(26,27)19-9-7-6-8-10-19;/h6-12,17H,4-5,13-16H2,1-3H3,(H2,23,24,25);1H. The molecule has 172 valence electrons.